The number of carbonyl (C=O) groups excluding carboxylic acids is 3. The molecule has 9 heteroatoms. The summed E-state index contributed by atoms with van der Waals surface area (Å²) in [7, 11) is 2.83. The van der Waals surface area contributed by atoms with E-state index in [-0.39, 0.29) is 18.7 Å². The summed E-state index contributed by atoms with van der Waals surface area (Å²) in [5, 5.41) is 6.59. The second kappa shape index (κ2) is 8.55. The average molecular weight is 387 g/mol. The Bertz CT molecular complexity index is 861. The molecule has 1 aliphatic heterocycles. The number of methoxy groups -OCH3 is 2. The first-order chi connectivity index (χ1) is 13.5. The van der Waals surface area contributed by atoms with Crippen molar-refractivity contribution in [1.82, 2.24) is 15.4 Å². The van der Waals surface area contributed by atoms with Crippen LogP contribution < -0.4 is 10.1 Å². The highest BCUT2D eigenvalue weighted by Gasteiger charge is 2.36. The molecule has 2 aromatic rings. The highest BCUT2D eigenvalue weighted by Crippen LogP contribution is 2.18. The van der Waals surface area contributed by atoms with Crippen molar-refractivity contribution < 1.29 is 28.4 Å². The Labute approximate surface area is 161 Å². The van der Waals surface area contributed by atoms with E-state index in [9.17, 15) is 14.4 Å². The van der Waals surface area contributed by atoms with Crippen molar-refractivity contribution in [3.05, 3.63) is 47.3 Å². The van der Waals surface area contributed by atoms with Gasteiger partial charge in [-0.25, -0.2) is 0 Å². The lowest BCUT2D eigenvalue weighted by Crippen LogP contribution is -2.57. The highest BCUT2D eigenvalue weighted by atomic mass is 16.5. The van der Waals surface area contributed by atoms with E-state index in [4.69, 9.17) is 9.26 Å². The molecule has 1 atom stereocenters. The van der Waals surface area contributed by atoms with Gasteiger partial charge in [-0.05, 0) is 17.7 Å². The number of esters is 1. The zero-order chi connectivity index (χ0) is 20.1. The Kier molecular flexibility index (Phi) is 5.93. The lowest BCUT2D eigenvalue weighted by atomic mass is 10.1. The number of ether oxygens (including phenoxy) is 2. The van der Waals surface area contributed by atoms with Crippen LogP contribution in [-0.4, -0.2) is 61.2 Å². The van der Waals surface area contributed by atoms with Gasteiger partial charge in [0, 0.05) is 25.6 Å². The van der Waals surface area contributed by atoms with E-state index in [0.29, 0.717) is 18.7 Å². The van der Waals surface area contributed by atoms with E-state index in [0.717, 1.165) is 11.3 Å². The van der Waals surface area contributed by atoms with Crippen molar-refractivity contribution in [3.8, 4) is 5.75 Å². The van der Waals surface area contributed by atoms with Crippen LogP contribution in [0.5, 0.6) is 5.75 Å². The van der Waals surface area contributed by atoms with Crippen LogP contribution in [0.4, 0.5) is 0 Å². The lowest BCUT2D eigenvalue weighted by Gasteiger charge is -2.33. The number of nitrogens with one attached hydrogen (secondary N) is 1. The molecule has 28 heavy (non-hydrogen) atoms. The molecule has 1 aromatic heterocycles. The quantitative estimate of drug-likeness (QED) is 0.729. The Morgan fingerprint density at radius 2 is 2.04 bits per heavy atom. The van der Waals surface area contributed by atoms with Crippen LogP contribution in [0.2, 0.25) is 0 Å². The van der Waals surface area contributed by atoms with E-state index in [1.54, 1.807) is 13.2 Å². The minimum absolute atomic E-state index is 0.0214. The van der Waals surface area contributed by atoms with Gasteiger partial charge < -0.3 is 24.2 Å². The van der Waals surface area contributed by atoms with Gasteiger partial charge in [0.05, 0.1) is 26.3 Å². The third-order valence-electron chi connectivity index (χ3n) is 4.49. The molecule has 0 bridgehead atoms. The molecule has 0 radical (unpaired) electrons. The molecule has 3 rings (SSSR count). The first-order valence-electron chi connectivity index (χ1n) is 8.76. The molecule has 2 amide bonds. The summed E-state index contributed by atoms with van der Waals surface area (Å²) < 4.78 is 14.9. The summed E-state index contributed by atoms with van der Waals surface area (Å²) in [4.78, 5) is 37.9. The zero-order valence-electron chi connectivity index (χ0n) is 15.6. The SMILES string of the molecule is COC(=O)CC1C(=O)NCCN1C(=O)c1cc(Cc2ccc(OC)cc2)no1. The van der Waals surface area contributed by atoms with Gasteiger partial charge in [0.2, 0.25) is 11.7 Å². The number of benzene rings is 1. The van der Waals surface area contributed by atoms with Crippen LogP contribution in [0.15, 0.2) is 34.9 Å². The molecular formula is C19H21N3O6. The number of aromatic nitrogens is 1. The second-order valence-electron chi connectivity index (χ2n) is 6.29. The van der Waals surface area contributed by atoms with E-state index in [1.165, 1.54) is 12.0 Å². The van der Waals surface area contributed by atoms with Gasteiger partial charge in [-0.15, -0.1) is 0 Å². The number of carbonyl (C=O) groups is 3. The van der Waals surface area contributed by atoms with Crippen molar-refractivity contribution in [1.29, 1.82) is 0 Å². The minimum Gasteiger partial charge on any atom is -0.497 e. The minimum atomic E-state index is -0.941. The Morgan fingerprint density at radius 1 is 1.29 bits per heavy atom. The van der Waals surface area contributed by atoms with Crippen LogP contribution in [0, 0.1) is 0 Å². The van der Waals surface area contributed by atoms with E-state index < -0.39 is 23.8 Å². The molecular weight excluding hydrogens is 366 g/mol. The van der Waals surface area contributed by atoms with Crippen molar-refractivity contribution >= 4 is 17.8 Å². The molecule has 1 saturated heterocycles. The van der Waals surface area contributed by atoms with Crippen LogP contribution in [0.1, 0.15) is 28.2 Å². The Morgan fingerprint density at radius 3 is 2.71 bits per heavy atom. The highest BCUT2D eigenvalue weighted by molar-refractivity contribution is 5.97. The second-order valence-corrected chi connectivity index (χ2v) is 6.29. The summed E-state index contributed by atoms with van der Waals surface area (Å²) >= 11 is 0. The van der Waals surface area contributed by atoms with Crippen LogP contribution >= 0.6 is 0 Å². The summed E-state index contributed by atoms with van der Waals surface area (Å²) in [6.07, 6.45) is 0.258. The first-order valence-corrected chi connectivity index (χ1v) is 8.76. The molecule has 1 aromatic carbocycles. The van der Waals surface area contributed by atoms with Gasteiger partial charge >= 0.3 is 5.97 Å². The number of piperazine rings is 1. The summed E-state index contributed by atoms with van der Waals surface area (Å²) in [5.74, 6) is -0.689. The van der Waals surface area contributed by atoms with Gasteiger partial charge in [-0.2, -0.15) is 0 Å². The third kappa shape index (κ3) is 4.30. The van der Waals surface area contributed by atoms with Crippen LogP contribution in [-0.2, 0) is 20.7 Å². The predicted octanol–water partition coefficient (Wildman–Crippen LogP) is 0.778. The first kappa shape index (κ1) is 19.4. The van der Waals surface area contributed by atoms with Gasteiger partial charge in [0.25, 0.3) is 5.91 Å². The maximum absolute atomic E-state index is 12.8. The smallest absolute Gasteiger partial charge is 0.308 e. The molecule has 148 valence electrons. The molecule has 0 spiro atoms. The summed E-state index contributed by atoms with van der Waals surface area (Å²) in [6.45, 7) is 0.565. The predicted molar refractivity (Wildman–Crippen MR) is 96.8 cm³/mol. The maximum Gasteiger partial charge on any atom is 0.308 e. The number of hydrogen-bond acceptors (Lipinski definition) is 7. The molecule has 0 saturated carbocycles. The van der Waals surface area contributed by atoms with Gasteiger partial charge in [-0.1, -0.05) is 17.3 Å². The molecule has 1 fully saturated rings. The topological polar surface area (TPSA) is 111 Å². The third-order valence-corrected chi connectivity index (χ3v) is 4.49. The molecule has 1 aliphatic rings. The average Bonchev–Trinajstić information content (AvgIpc) is 3.18. The number of rotatable bonds is 6. The van der Waals surface area contributed by atoms with Crippen LogP contribution in [0.3, 0.4) is 0 Å². The Hall–Kier alpha value is -3.36. The van der Waals surface area contributed by atoms with Gasteiger partial charge in [-0.3, -0.25) is 14.4 Å². The fraction of sp³-hybridized carbons (Fsp3) is 0.368. The molecule has 1 unspecified atom stereocenters. The van der Waals surface area contributed by atoms with Gasteiger partial charge in [0.15, 0.2) is 0 Å². The lowest BCUT2D eigenvalue weighted by molar-refractivity contribution is -0.145. The van der Waals surface area contributed by atoms with Crippen LogP contribution in [0.25, 0.3) is 0 Å². The van der Waals surface area contributed by atoms with Gasteiger partial charge in [0.1, 0.15) is 11.8 Å². The summed E-state index contributed by atoms with van der Waals surface area (Å²) in [5.41, 5.74) is 1.56. The zero-order valence-corrected chi connectivity index (χ0v) is 15.6. The molecule has 0 aliphatic carbocycles. The van der Waals surface area contributed by atoms with E-state index >= 15 is 0 Å². The largest absolute Gasteiger partial charge is 0.497 e. The van der Waals surface area contributed by atoms with E-state index in [1.807, 2.05) is 24.3 Å². The van der Waals surface area contributed by atoms with E-state index in [2.05, 4.69) is 15.2 Å². The van der Waals surface area contributed by atoms with Crippen molar-refractivity contribution in [2.45, 2.75) is 18.9 Å². The monoisotopic (exact) mass is 387 g/mol. The number of hydrogen-bond donors (Lipinski definition) is 1. The maximum atomic E-state index is 12.8. The fourth-order valence-corrected chi connectivity index (χ4v) is 2.99. The molecule has 2 heterocycles. The molecule has 1 N–H and O–H groups in total. The fourth-order valence-electron chi connectivity index (χ4n) is 2.99. The number of nitrogens with zero attached hydrogens (tertiary/aromatic N) is 2. The number of amides is 2. The van der Waals surface area contributed by atoms with Crippen molar-refractivity contribution in [3.63, 3.8) is 0 Å². The molecule has 9 nitrogen and oxygen atoms in total. The standard InChI is InChI=1S/C19H21N3O6/c1-26-14-5-3-12(4-6-14)9-13-10-16(28-21-13)19(25)22-8-7-20-18(24)15(22)11-17(23)27-2/h3-6,10,15H,7-9,11H2,1-2H3,(H,20,24). The van der Waals surface area contributed by atoms with Crippen molar-refractivity contribution in [2.75, 3.05) is 27.3 Å². The Balaban J connectivity index is 1.72. The summed E-state index contributed by atoms with van der Waals surface area (Å²) in [6, 6.07) is 8.08. The van der Waals surface area contributed by atoms with Crippen molar-refractivity contribution in [2.24, 2.45) is 0 Å². The normalized spacial score (nSPS) is 16.4.